The number of carbonyl (C=O) groups excluding carboxylic acids is 1. The van der Waals surface area contributed by atoms with Crippen molar-refractivity contribution in [3.05, 3.63) is 11.6 Å². The predicted octanol–water partition coefficient (Wildman–Crippen LogP) is 2.56. The lowest BCUT2D eigenvalue weighted by Gasteiger charge is -2.33. The van der Waals surface area contributed by atoms with Gasteiger partial charge in [-0.2, -0.15) is 0 Å². The van der Waals surface area contributed by atoms with Gasteiger partial charge in [0, 0.05) is 13.1 Å². The molecule has 3 nitrogen and oxygen atoms in total. The van der Waals surface area contributed by atoms with Gasteiger partial charge >= 0.3 is 0 Å². The van der Waals surface area contributed by atoms with Gasteiger partial charge in [0.25, 0.3) is 0 Å². The first-order valence-corrected chi connectivity index (χ1v) is 6.95. The highest BCUT2D eigenvalue weighted by molar-refractivity contribution is 5.82. The summed E-state index contributed by atoms with van der Waals surface area (Å²) in [5.74, 6) is 0.572. The molecule has 18 heavy (non-hydrogen) atoms. The molecule has 0 bridgehead atoms. The first-order valence-electron chi connectivity index (χ1n) is 6.95. The summed E-state index contributed by atoms with van der Waals surface area (Å²) in [6.07, 6.45) is 3.94. The Morgan fingerprint density at radius 3 is 2.44 bits per heavy atom. The maximum Gasteiger partial charge on any atom is 0.239 e. The minimum atomic E-state index is -0.338. The molecule has 1 atom stereocenters. The lowest BCUT2D eigenvalue weighted by atomic mass is 9.83. The SMILES string of the molecule is CC(C)CC(N)C(=O)N1CC=C(C(C)(C)C)CC1. The molecule has 2 N–H and O–H groups in total. The summed E-state index contributed by atoms with van der Waals surface area (Å²) >= 11 is 0. The Kier molecular flexibility index (Phi) is 4.97. The fraction of sp³-hybridized carbons (Fsp3) is 0.800. The van der Waals surface area contributed by atoms with Crippen LogP contribution in [0.1, 0.15) is 47.5 Å². The van der Waals surface area contributed by atoms with Crippen molar-refractivity contribution in [2.75, 3.05) is 13.1 Å². The molecule has 0 spiro atoms. The van der Waals surface area contributed by atoms with Gasteiger partial charge in [-0.3, -0.25) is 4.79 Å². The first kappa shape index (κ1) is 15.2. The van der Waals surface area contributed by atoms with Crippen LogP contribution in [0, 0.1) is 11.3 Å². The number of hydrogen-bond donors (Lipinski definition) is 1. The van der Waals surface area contributed by atoms with Crippen LogP contribution in [-0.2, 0) is 4.79 Å². The third-order valence-corrected chi connectivity index (χ3v) is 3.53. The molecular formula is C15H28N2O. The maximum absolute atomic E-state index is 12.2. The summed E-state index contributed by atoms with van der Waals surface area (Å²) < 4.78 is 0. The molecular weight excluding hydrogens is 224 g/mol. The Morgan fingerprint density at radius 1 is 1.44 bits per heavy atom. The molecule has 3 heteroatoms. The van der Waals surface area contributed by atoms with Crippen LogP contribution in [-0.4, -0.2) is 29.9 Å². The first-order chi connectivity index (χ1) is 8.21. The van der Waals surface area contributed by atoms with Gasteiger partial charge in [-0.15, -0.1) is 0 Å². The van der Waals surface area contributed by atoms with Crippen molar-refractivity contribution in [3.63, 3.8) is 0 Å². The van der Waals surface area contributed by atoms with Crippen molar-refractivity contribution in [1.82, 2.24) is 4.90 Å². The maximum atomic E-state index is 12.2. The average molecular weight is 252 g/mol. The van der Waals surface area contributed by atoms with Crippen LogP contribution in [0.5, 0.6) is 0 Å². The van der Waals surface area contributed by atoms with Crippen LogP contribution in [0.15, 0.2) is 11.6 Å². The van der Waals surface area contributed by atoms with Crippen LogP contribution in [0.2, 0.25) is 0 Å². The van der Waals surface area contributed by atoms with Crippen LogP contribution >= 0.6 is 0 Å². The molecule has 0 aromatic rings. The zero-order valence-electron chi connectivity index (χ0n) is 12.5. The largest absolute Gasteiger partial charge is 0.337 e. The van der Waals surface area contributed by atoms with Gasteiger partial charge in [0.1, 0.15) is 0 Å². The number of hydrogen-bond acceptors (Lipinski definition) is 2. The highest BCUT2D eigenvalue weighted by atomic mass is 16.2. The normalized spacial score (nSPS) is 18.8. The summed E-state index contributed by atoms with van der Waals surface area (Å²) in [6, 6.07) is -0.338. The molecule has 1 aliphatic rings. The quantitative estimate of drug-likeness (QED) is 0.785. The van der Waals surface area contributed by atoms with E-state index in [1.807, 2.05) is 4.90 Å². The monoisotopic (exact) mass is 252 g/mol. The molecule has 1 amide bonds. The van der Waals surface area contributed by atoms with Crippen molar-refractivity contribution < 1.29 is 4.79 Å². The van der Waals surface area contributed by atoms with Crippen LogP contribution < -0.4 is 5.73 Å². The van der Waals surface area contributed by atoms with E-state index in [1.54, 1.807) is 0 Å². The topological polar surface area (TPSA) is 46.3 Å². The van der Waals surface area contributed by atoms with Crippen molar-refractivity contribution in [2.24, 2.45) is 17.1 Å². The van der Waals surface area contributed by atoms with E-state index in [0.717, 1.165) is 25.9 Å². The smallest absolute Gasteiger partial charge is 0.239 e. The molecule has 0 aliphatic carbocycles. The molecule has 0 saturated carbocycles. The Labute approximate surface area is 111 Å². The van der Waals surface area contributed by atoms with Crippen molar-refractivity contribution in [3.8, 4) is 0 Å². The van der Waals surface area contributed by atoms with Gasteiger partial charge in [-0.25, -0.2) is 0 Å². The molecule has 0 radical (unpaired) electrons. The molecule has 1 heterocycles. The van der Waals surface area contributed by atoms with E-state index in [4.69, 9.17) is 5.73 Å². The lowest BCUT2D eigenvalue weighted by molar-refractivity contribution is -0.132. The minimum Gasteiger partial charge on any atom is -0.337 e. The van der Waals surface area contributed by atoms with Crippen LogP contribution in [0.3, 0.4) is 0 Å². The Morgan fingerprint density at radius 2 is 2.06 bits per heavy atom. The summed E-state index contributed by atoms with van der Waals surface area (Å²) in [5, 5.41) is 0. The van der Waals surface area contributed by atoms with Crippen molar-refractivity contribution >= 4 is 5.91 Å². The van der Waals surface area contributed by atoms with Crippen molar-refractivity contribution in [1.29, 1.82) is 0 Å². The highest BCUT2D eigenvalue weighted by Crippen LogP contribution is 2.30. The average Bonchev–Trinajstić information content (AvgIpc) is 2.26. The lowest BCUT2D eigenvalue weighted by Crippen LogP contribution is -2.46. The molecule has 1 unspecified atom stereocenters. The second-order valence-corrected chi connectivity index (χ2v) is 6.75. The van der Waals surface area contributed by atoms with Gasteiger partial charge < -0.3 is 10.6 Å². The zero-order chi connectivity index (χ0) is 13.9. The van der Waals surface area contributed by atoms with E-state index < -0.39 is 0 Å². The van der Waals surface area contributed by atoms with E-state index in [9.17, 15) is 4.79 Å². The second kappa shape index (κ2) is 5.87. The molecule has 1 aliphatic heterocycles. The van der Waals surface area contributed by atoms with Gasteiger partial charge in [0.05, 0.1) is 6.04 Å². The fourth-order valence-electron chi connectivity index (χ4n) is 2.39. The van der Waals surface area contributed by atoms with Gasteiger partial charge in [0.15, 0.2) is 0 Å². The van der Waals surface area contributed by atoms with Gasteiger partial charge in [-0.1, -0.05) is 46.3 Å². The summed E-state index contributed by atoms with van der Waals surface area (Å²) in [4.78, 5) is 14.1. The Balaban J connectivity index is 2.57. The van der Waals surface area contributed by atoms with E-state index in [-0.39, 0.29) is 17.4 Å². The van der Waals surface area contributed by atoms with E-state index in [0.29, 0.717) is 5.92 Å². The fourth-order valence-corrected chi connectivity index (χ4v) is 2.39. The Hall–Kier alpha value is -0.830. The molecule has 0 aromatic heterocycles. The highest BCUT2D eigenvalue weighted by Gasteiger charge is 2.26. The number of nitrogens with zero attached hydrogens (tertiary/aromatic N) is 1. The second-order valence-electron chi connectivity index (χ2n) is 6.75. The Bertz CT molecular complexity index is 326. The van der Waals surface area contributed by atoms with E-state index in [1.165, 1.54) is 5.57 Å². The molecule has 0 aromatic carbocycles. The van der Waals surface area contributed by atoms with Crippen molar-refractivity contribution in [2.45, 2.75) is 53.5 Å². The minimum absolute atomic E-state index is 0.105. The molecule has 1 rings (SSSR count). The van der Waals surface area contributed by atoms with Crippen LogP contribution in [0.4, 0.5) is 0 Å². The standard InChI is InChI=1S/C15H28N2O/c1-11(2)10-13(16)14(18)17-8-6-12(7-9-17)15(3,4)5/h6,11,13H,7-10,16H2,1-5H3. The van der Waals surface area contributed by atoms with E-state index >= 15 is 0 Å². The summed E-state index contributed by atoms with van der Waals surface area (Å²) in [6.45, 7) is 12.4. The van der Waals surface area contributed by atoms with Gasteiger partial charge in [0.2, 0.25) is 5.91 Å². The summed E-state index contributed by atoms with van der Waals surface area (Å²) in [5.41, 5.74) is 7.62. The zero-order valence-corrected chi connectivity index (χ0v) is 12.5. The third kappa shape index (κ3) is 4.13. The van der Waals surface area contributed by atoms with E-state index in [2.05, 4.69) is 40.7 Å². The number of amides is 1. The number of rotatable bonds is 3. The van der Waals surface area contributed by atoms with Gasteiger partial charge in [-0.05, 0) is 24.2 Å². The van der Waals surface area contributed by atoms with Crippen LogP contribution in [0.25, 0.3) is 0 Å². The predicted molar refractivity (Wildman–Crippen MR) is 76.2 cm³/mol. The number of nitrogens with two attached hydrogens (primary N) is 1. The molecule has 104 valence electrons. The molecule has 0 fully saturated rings. The molecule has 0 saturated heterocycles. The third-order valence-electron chi connectivity index (χ3n) is 3.53. The summed E-state index contributed by atoms with van der Waals surface area (Å²) in [7, 11) is 0. The number of carbonyl (C=O) groups is 1.